The Labute approximate surface area is 173 Å². The molecule has 4 aliphatic rings. The van der Waals surface area contributed by atoms with Crippen LogP contribution < -0.4 is 10.1 Å². The number of Topliss-reactive ketones (excluding diaryl/α,β-unsaturated/α-hetero) is 1. The van der Waals surface area contributed by atoms with E-state index in [-0.39, 0.29) is 17.8 Å². The van der Waals surface area contributed by atoms with Crippen molar-refractivity contribution in [2.45, 2.75) is 50.5 Å². The lowest BCUT2D eigenvalue weighted by Gasteiger charge is -2.28. The molecule has 0 bridgehead atoms. The Hall–Kier alpha value is -2.37. The minimum Gasteiger partial charge on any atom is -0.488 e. The van der Waals surface area contributed by atoms with E-state index in [1.807, 2.05) is 24.3 Å². The molecule has 5 nitrogen and oxygen atoms in total. The number of ketones is 1. The van der Waals surface area contributed by atoms with Crippen molar-refractivity contribution in [3.05, 3.63) is 52.0 Å². The third kappa shape index (κ3) is 2.87. The van der Waals surface area contributed by atoms with Crippen LogP contribution in [0, 0.1) is 5.92 Å². The fourth-order valence-electron chi connectivity index (χ4n) is 4.92. The summed E-state index contributed by atoms with van der Waals surface area (Å²) in [5.41, 5.74) is 4.70. The zero-order valence-corrected chi connectivity index (χ0v) is 16.5. The van der Waals surface area contributed by atoms with E-state index in [2.05, 4.69) is 11.4 Å². The normalized spacial score (nSPS) is 28.5. The lowest BCUT2D eigenvalue weighted by atomic mass is 9.83. The largest absolute Gasteiger partial charge is 0.488 e. The average Bonchev–Trinajstić information content (AvgIpc) is 3.33. The van der Waals surface area contributed by atoms with Gasteiger partial charge in [0.2, 0.25) is 5.78 Å². The first-order valence-corrected chi connectivity index (χ1v) is 10.5. The summed E-state index contributed by atoms with van der Waals surface area (Å²) in [5, 5.41) is 3.93. The Bertz CT molecular complexity index is 1060. The molecule has 4 atom stereocenters. The highest BCUT2D eigenvalue weighted by molar-refractivity contribution is 6.30. The predicted octanol–water partition coefficient (Wildman–Crippen LogP) is 3.69. The van der Waals surface area contributed by atoms with Crippen molar-refractivity contribution in [3.63, 3.8) is 0 Å². The van der Waals surface area contributed by atoms with Gasteiger partial charge in [0, 0.05) is 22.2 Å². The third-order valence-corrected chi connectivity index (χ3v) is 6.83. The number of hydrogen-bond donors (Lipinski definition) is 1. The van der Waals surface area contributed by atoms with Crippen molar-refractivity contribution < 1.29 is 19.1 Å². The summed E-state index contributed by atoms with van der Waals surface area (Å²) >= 11 is 6.08. The summed E-state index contributed by atoms with van der Waals surface area (Å²) in [7, 11) is 0. The second kappa shape index (κ2) is 6.31. The minimum atomic E-state index is -0.692. The van der Waals surface area contributed by atoms with Gasteiger partial charge in [-0.3, -0.25) is 9.59 Å². The Morgan fingerprint density at radius 2 is 1.97 bits per heavy atom. The number of nitrogens with one attached hydrogen (secondary N) is 1. The van der Waals surface area contributed by atoms with E-state index in [1.165, 1.54) is 0 Å². The molecule has 0 spiro atoms. The summed E-state index contributed by atoms with van der Waals surface area (Å²) in [4.78, 5) is 25.5. The number of halogens is 1. The van der Waals surface area contributed by atoms with E-state index >= 15 is 0 Å². The molecule has 1 N–H and O–H groups in total. The highest BCUT2D eigenvalue weighted by Crippen LogP contribution is 2.42. The number of fused-ring (bicyclic) bond motifs is 5. The lowest BCUT2D eigenvalue weighted by molar-refractivity contribution is -0.149. The van der Waals surface area contributed by atoms with Crippen molar-refractivity contribution in [3.8, 4) is 16.9 Å². The Kier molecular flexibility index (Phi) is 3.81. The molecule has 2 fully saturated rings. The SMILES string of the molecule is O=C(OC1CCc2cc3c(cc2C1=O)COc1cc(Cl)ccc1-3)C1C[C@H]2C[C@H]2N1. The van der Waals surface area contributed by atoms with Crippen molar-refractivity contribution in [2.24, 2.45) is 5.92 Å². The van der Waals surface area contributed by atoms with E-state index < -0.39 is 6.10 Å². The van der Waals surface area contributed by atoms with Crippen LogP contribution in [-0.2, 0) is 22.6 Å². The third-order valence-electron chi connectivity index (χ3n) is 6.60. The number of carbonyl (C=O) groups is 2. The number of hydrogen-bond acceptors (Lipinski definition) is 5. The zero-order valence-electron chi connectivity index (χ0n) is 15.7. The van der Waals surface area contributed by atoms with E-state index in [1.54, 1.807) is 0 Å². The fourth-order valence-corrected chi connectivity index (χ4v) is 5.08. The molecule has 2 aliphatic heterocycles. The molecule has 0 radical (unpaired) electrons. The maximum atomic E-state index is 13.1. The molecule has 2 unspecified atom stereocenters. The minimum absolute atomic E-state index is 0.104. The molecule has 2 heterocycles. The summed E-state index contributed by atoms with van der Waals surface area (Å²) in [6.45, 7) is 0.391. The van der Waals surface area contributed by atoms with E-state index in [4.69, 9.17) is 21.1 Å². The molecule has 148 valence electrons. The first-order valence-electron chi connectivity index (χ1n) is 10.2. The lowest BCUT2D eigenvalue weighted by Crippen LogP contribution is -2.40. The van der Waals surface area contributed by atoms with Gasteiger partial charge in [0.15, 0.2) is 6.10 Å². The quantitative estimate of drug-likeness (QED) is 0.766. The van der Waals surface area contributed by atoms with Crippen molar-refractivity contribution in [1.29, 1.82) is 0 Å². The smallest absolute Gasteiger partial charge is 0.323 e. The van der Waals surface area contributed by atoms with Gasteiger partial charge in [-0.25, -0.2) is 0 Å². The first-order chi connectivity index (χ1) is 14.1. The molecule has 1 saturated carbocycles. The van der Waals surface area contributed by atoms with Gasteiger partial charge in [-0.15, -0.1) is 0 Å². The average molecular weight is 410 g/mol. The molecular weight excluding hydrogens is 390 g/mol. The second-order valence-electron chi connectivity index (χ2n) is 8.48. The number of esters is 1. The highest BCUT2D eigenvalue weighted by atomic mass is 35.5. The van der Waals surface area contributed by atoms with Crippen LogP contribution in [0.25, 0.3) is 11.1 Å². The van der Waals surface area contributed by atoms with Crippen molar-refractivity contribution in [1.82, 2.24) is 5.32 Å². The van der Waals surface area contributed by atoms with E-state index in [9.17, 15) is 9.59 Å². The summed E-state index contributed by atoms with van der Waals surface area (Å²) in [5.74, 6) is 0.985. The Morgan fingerprint density at radius 1 is 1.10 bits per heavy atom. The molecule has 6 heteroatoms. The number of aryl methyl sites for hydroxylation is 1. The van der Waals surface area contributed by atoms with E-state index in [0.29, 0.717) is 42.0 Å². The number of carbonyl (C=O) groups excluding carboxylic acids is 2. The van der Waals surface area contributed by atoms with Gasteiger partial charge >= 0.3 is 5.97 Å². The molecule has 2 aliphatic carbocycles. The zero-order chi connectivity index (χ0) is 19.7. The summed E-state index contributed by atoms with van der Waals surface area (Å²) < 4.78 is 11.5. The van der Waals surface area contributed by atoms with Gasteiger partial charge in [-0.1, -0.05) is 11.6 Å². The highest BCUT2D eigenvalue weighted by Gasteiger charge is 2.49. The molecule has 0 aromatic heterocycles. The maximum Gasteiger partial charge on any atom is 0.323 e. The molecule has 2 aromatic rings. The Morgan fingerprint density at radius 3 is 2.79 bits per heavy atom. The molecule has 6 rings (SSSR count). The van der Waals surface area contributed by atoms with Crippen LogP contribution in [0.3, 0.4) is 0 Å². The monoisotopic (exact) mass is 409 g/mol. The van der Waals surface area contributed by atoms with Gasteiger partial charge in [-0.2, -0.15) is 0 Å². The topological polar surface area (TPSA) is 64.6 Å². The van der Waals surface area contributed by atoms with Gasteiger partial charge in [0.05, 0.1) is 0 Å². The first kappa shape index (κ1) is 17.5. The molecule has 0 amide bonds. The van der Waals surface area contributed by atoms with Crippen molar-refractivity contribution >= 4 is 23.4 Å². The van der Waals surface area contributed by atoms with Crippen LogP contribution in [-0.4, -0.2) is 29.9 Å². The number of rotatable bonds is 2. The number of piperidine rings is 1. The summed E-state index contributed by atoms with van der Waals surface area (Å²) in [6.07, 6.45) is 2.53. The molecular formula is C23H20ClNO4. The van der Waals surface area contributed by atoms with Crippen LogP contribution in [0.15, 0.2) is 30.3 Å². The van der Waals surface area contributed by atoms with Gasteiger partial charge in [0.25, 0.3) is 0 Å². The van der Waals surface area contributed by atoms with Crippen LogP contribution in [0.2, 0.25) is 5.02 Å². The maximum absolute atomic E-state index is 13.1. The van der Waals surface area contributed by atoms with Crippen LogP contribution >= 0.6 is 11.6 Å². The predicted molar refractivity (Wildman–Crippen MR) is 107 cm³/mol. The van der Waals surface area contributed by atoms with Crippen LogP contribution in [0.5, 0.6) is 5.75 Å². The fraction of sp³-hybridized carbons (Fsp3) is 0.391. The number of benzene rings is 2. The second-order valence-corrected chi connectivity index (χ2v) is 8.92. The van der Waals surface area contributed by atoms with Crippen LogP contribution in [0.1, 0.15) is 40.7 Å². The van der Waals surface area contributed by atoms with Crippen molar-refractivity contribution in [2.75, 3.05) is 0 Å². The van der Waals surface area contributed by atoms with Gasteiger partial charge < -0.3 is 14.8 Å². The van der Waals surface area contributed by atoms with Gasteiger partial charge in [-0.05, 0) is 78.6 Å². The standard InChI is InChI=1S/C23H20ClNO4/c24-14-2-3-15-16-5-11-1-4-20(29-23(27)19-8-12-7-18(12)25-19)22(26)17(11)6-13(16)10-28-21(15)9-14/h2-3,5-6,9,12,18-20,25H,1,4,7-8,10H2/t12-,18-,19?,20?/m1/s1. The molecule has 2 aromatic carbocycles. The van der Waals surface area contributed by atoms with Crippen LogP contribution in [0.4, 0.5) is 0 Å². The molecule has 1 saturated heterocycles. The number of ether oxygens (including phenoxy) is 2. The summed E-state index contributed by atoms with van der Waals surface area (Å²) in [6, 6.07) is 9.83. The Balaban J connectivity index is 1.26. The van der Waals surface area contributed by atoms with Gasteiger partial charge in [0.1, 0.15) is 18.4 Å². The molecule has 29 heavy (non-hydrogen) atoms. The van der Waals surface area contributed by atoms with E-state index in [0.717, 1.165) is 40.8 Å².